The Labute approximate surface area is 125 Å². The standard InChI is InChI=1S/C17H23N3O/c1-12-8-10-13(11-9-12)15-19-16(21-20-15)17(2,18)14-6-4-3-5-7-14/h3-7,12-13H,8-11,18H2,1-2H3. The smallest absolute Gasteiger partial charge is 0.251 e. The highest BCUT2D eigenvalue weighted by molar-refractivity contribution is 5.29. The second kappa shape index (κ2) is 5.60. The van der Waals surface area contributed by atoms with Crippen LogP contribution in [-0.4, -0.2) is 10.1 Å². The van der Waals surface area contributed by atoms with E-state index < -0.39 is 5.54 Å². The first-order valence-electron chi connectivity index (χ1n) is 7.76. The molecule has 112 valence electrons. The first-order chi connectivity index (χ1) is 10.1. The lowest BCUT2D eigenvalue weighted by Gasteiger charge is -2.23. The third-order valence-electron chi connectivity index (χ3n) is 4.64. The number of benzene rings is 1. The average molecular weight is 285 g/mol. The second-order valence-corrected chi connectivity index (χ2v) is 6.48. The molecule has 2 N–H and O–H groups in total. The summed E-state index contributed by atoms with van der Waals surface area (Å²) in [5.74, 6) is 2.56. The van der Waals surface area contributed by atoms with Crippen molar-refractivity contribution in [3.63, 3.8) is 0 Å². The zero-order chi connectivity index (χ0) is 14.9. The molecule has 1 unspecified atom stereocenters. The van der Waals surface area contributed by atoms with Gasteiger partial charge >= 0.3 is 0 Å². The maximum Gasteiger partial charge on any atom is 0.251 e. The molecule has 0 bridgehead atoms. The topological polar surface area (TPSA) is 64.9 Å². The summed E-state index contributed by atoms with van der Waals surface area (Å²) >= 11 is 0. The van der Waals surface area contributed by atoms with Crippen LogP contribution in [0.5, 0.6) is 0 Å². The van der Waals surface area contributed by atoms with Crippen molar-refractivity contribution in [1.29, 1.82) is 0 Å². The van der Waals surface area contributed by atoms with Crippen molar-refractivity contribution in [3.8, 4) is 0 Å². The monoisotopic (exact) mass is 285 g/mol. The van der Waals surface area contributed by atoms with Crippen LogP contribution < -0.4 is 5.73 Å². The van der Waals surface area contributed by atoms with Gasteiger partial charge in [0.2, 0.25) is 0 Å². The average Bonchev–Trinajstić information content (AvgIpc) is 2.99. The molecule has 1 aliphatic carbocycles. The Morgan fingerprint density at radius 1 is 1.14 bits per heavy atom. The van der Waals surface area contributed by atoms with Crippen molar-refractivity contribution >= 4 is 0 Å². The molecule has 1 aromatic carbocycles. The largest absolute Gasteiger partial charge is 0.337 e. The Morgan fingerprint density at radius 3 is 2.48 bits per heavy atom. The van der Waals surface area contributed by atoms with Crippen molar-refractivity contribution in [3.05, 3.63) is 47.6 Å². The fraction of sp³-hybridized carbons (Fsp3) is 0.529. The van der Waals surface area contributed by atoms with E-state index in [4.69, 9.17) is 10.3 Å². The second-order valence-electron chi connectivity index (χ2n) is 6.48. The van der Waals surface area contributed by atoms with Gasteiger partial charge in [-0.05, 0) is 31.2 Å². The van der Waals surface area contributed by atoms with Gasteiger partial charge in [-0.1, -0.05) is 55.3 Å². The number of rotatable bonds is 3. The SMILES string of the molecule is CC1CCC(c2noc(C(C)(N)c3ccccc3)n2)CC1. The molecule has 2 aromatic rings. The minimum atomic E-state index is -0.742. The normalized spacial score (nSPS) is 25.5. The van der Waals surface area contributed by atoms with Gasteiger partial charge in [-0.25, -0.2) is 0 Å². The molecule has 4 heteroatoms. The molecule has 21 heavy (non-hydrogen) atoms. The van der Waals surface area contributed by atoms with Crippen molar-refractivity contribution in [2.24, 2.45) is 11.7 Å². The van der Waals surface area contributed by atoms with Crippen LogP contribution in [-0.2, 0) is 5.54 Å². The van der Waals surface area contributed by atoms with Crippen molar-refractivity contribution in [2.45, 2.75) is 51.0 Å². The first-order valence-corrected chi connectivity index (χ1v) is 7.76. The molecule has 0 amide bonds. The Bertz CT molecular complexity index is 583. The van der Waals surface area contributed by atoms with E-state index in [1.807, 2.05) is 37.3 Å². The molecule has 0 spiro atoms. The molecule has 4 nitrogen and oxygen atoms in total. The first kappa shape index (κ1) is 14.3. The summed E-state index contributed by atoms with van der Waals surface area (Å²) in [7, 11) is 0. The van der Waals surface area contributed by atoms with Crippen LogP contribution >= 0.6 is 0 Å². The van der Waals surface area contributed by atoms with E-state index in [9.17, 15) is 0 Å². The number of aromatic nitrogens is 2. The van der Waals surface area contributed by atoms with Gasteiger partial charge in [0, 0.05) is 5.92 Å². The zero-order valence-corrected chi connectivity index (χ0v) is 12.7. The van der Waals surface area contributed by atoms with Gasteiger partial charge in [-0.3, -0.25) is 0 Å². The van der Waals surface area contributed by atoms with E-state index in [1.54, 1.807) is 0 Å². The quantitative estimate of drug-likeness (QED) is 0.936. The number of nitrogens with two attached hydrogens (primary N) is 1. The summed E-state index contributed by atoms with van der Waals surface area (Å²) in [6.45, 7) is 4.23. The number of hydrogen-bond donors (Lipinski definition) is 1. The summed E-state index contributed by atoms with van der Waals surface area (Å²) in [6, 6.07) is 9.90. The van der Waals surface area contributed by atoms with E-state index in [0.29, 0.717) is 11.8 Å². The lowest BCUT2D eigenvalue weighted by Crippen LogP contribution is -2.34. The van der Waals surface area contributed by atoms with Gasteiger partial charge in [0.1, 0.15) is 5.54 Å². The van der Waals surface area contributed by atoms with Gasteiger partial charge in [0.05, 0.1) is 0 Å². The fourth-order valence-electron chi connectivity index (χ4n) is 3.04. The molecule has 0 aliphatic heterocycles. The fourth-order valence-corrected chi connectivity index (χ4v) is 3.04. The number of hydrogen-bond acceptors (Lipinski definition) is 4. The third kappa shape index (κ3) is 2.86. The summed E-state index contributed by atoms with van der Waals surface area (Å²) in [5, 5.41) is 4.19. The molecule has 1 aliphatic rings. The Morgan fingerprint density at radius 2 is 1.81 bits per heavy atom. The van der Waals surface area contributed by atoms with Crippen LogP contribution in [0.1, 0.15) is 62.7 Å². The molecule has 0 saturated heterocycles. The Balaban J connectivity index is 1.81. The highest BCUT2D eigenvalue weighted by Crippen LogP contribution is 2.35. The molecule has 1 fully saturated rings. The van der Waals surface area contributed by atoms with E-state index in [-0.39, 0.29) is 0 Å². The van der Waals surface area contributed by atoms with Crippen molar-refractivity contribution in [2.75, 3.05) is 0 Å². The van der Waals surface area contributed by atoms with Crippen LogP contribution in [0.3, 0.4) is 0 Å². The molecule has 1 heterocycles. The predicted octanol–water partition coefficient (Wildman–Crippen LogP) is 3.59. The minimum Gasteiger partial charge on any atom is -0.337 e. The lowest BCUT2D eigenvalue weighted by molar-refractivity contribution is 0.308. The summed E-state index contributed by atoms with van der Waals surface area (Å²) in [6.07, 6.45) is 4.78. The zero-order valence-electron chi connectivity index (χ0n) is 12.7. The lowest BCUT2D eigenvalue weighted by atomic mass is 9.82. The maximum absolute atomic E-state index is 6.43. The Kier molecular flexibility index (Phi) is 3.81. The summed E-state index contributed by atoms with van der Waals surface area (Å²) < 4.78 is 5.48. The van der Waals surface area contributed by atoms with Crippen LogP contribution in [0.25, 0.3) is 0 Å². The maximum atomic E-state index is 6.43. The van der Waals surface area contributed by atoms with Gasteiger partial charge in [-0.15, -0.1) is 0 Å². The summed E-state index contributed by atoms with van der Waals surface area (Å²) in [5.41, 5.74) is 6.67. The van der Waals surface area contributed by atoms with Gasteiger partial charge in [0.25, 0.3) is 5.89 Å². The van der Waals surface area contributed by atoms with E-state index in [2.05, 4.69) is 17.1 Å². The van der Waals surface area contributed by atoms with E-state index in [0.717, 1.165) is 30.1 Å². The number of nitrogens with zero attached hydrogens (tertiary/aromatic N) is 2. The Hall–Kier alpha value is -1.68. The van der Waals surface area contributed by atoms with Crippen LogP contribution in [0.4, 0.5) is 0 Å². The van der Waals surface area contributed by atoms with Gasteiger partial charge < -0.3 is 10.3 Å². The third-order valence-corrected chi connectivity index (χ3v) is 4.64. The predicted molar refractivity (Wildman–Crippen MR) is 81.8 cm³/mol. The van der Waals surface area contributed by atoms with Gasteiger partial charge in [0.15, 0.2) is 5.82 Å². The molecule has 3 rings (SSSR count). The van der Waals surface area contributed by atoms with Crippen LogP contribution in [0, 0.1) is 5.92 Å². The van der Waals surface area contributed by atoms with Crippen molar-refractivity contribution < 1.29 is 4.52 Å². The summed E-state index contributed by atoms with van der Waals surface area (Å²) in [4.78, 5) is 4.60. The van der Waals surface area contributed by atoms with Gasteiger partial charge in [-0.2, -0.15) is 4.98 Å². The molecule has 1 saturated carbocycles. The van der Waals surface area contributed by atoms with Crippen LogP contribution in [0.2, 0.25) is 0 Å². The molecule has 1 atom stereocenters. The minimum absolute atomic E-state index is 0.422. The van der Waals surface area contributed by atoms with E-state index in [1.165, 1.54) is 12.8 Å². The molecule has 0 radical (unpaired) electrons. The highest BCUT2D eigenvalue weighted by atomic mass is 16.5. The highest BCUT2D eigenvalue weighted by Gasteiger charge is 2.32. The van der Waals surface area contributed by atoms with E-state index >= 15 is 0 Å². The van der Waals surface area contributed by atoms with Crippen molar-refractivity contribution in [1.82, 2.24) is 10.1 Å². The molecule has 1 aromatic heterocycles. The molecular weight excluding hydrogens is 262 g/mol. The van der Waals surface area contributed by atoms with Crippen LogP contribution in [0.15, 0.2) is 34.9 Å². The molecular formula is C17H23N3O.